The van der Waals surface area contributed by atoms with Crippen molar-refractivity contribution in [2.24, 2.45) is 0 Å². The van der Waals surface area contributed by atoms with E-state index in [1.54, 1.807) is 0 Å². The van der Waals surface area contributed by atoms with Crippen molar-refractivity contribution in [2.75, 3.05) is 6.54 Å². The molecule has 1 aromatic heterocycles. The van der Waals surface area contributed by atoms with E-state index in [4.69, 9.17) is 4.74 Å². The van der Waals surface area contributed by atoms with Gasteiger partial charge in [0.25, 0.3) is 0 Å². The molecule has 2 atom stereocenters. The summed E-state index contributed by atoms with van der Waals surface area (Å²) in [6.07, 6.45) is 4.66. The minimum Gasteiger partial charge on any atom is -0.488 e. The third-order valence-electron chi connectivity index (χ3n) is 3.75. The Morgan fingerprint density at radius 3 is 3.31 bits per heavy atom. The lowest BCUT2D eigenvalue weighted by atomic mass is 10.0. The van der Waals surface area contributed by atoms with Crippen molar-refractivity contribution >= 4 is 10.9 Å². The van der Waals surface area contributed by atoms with Gasteiger partial charge < -0.3 is 15.0 Å². The molecule has 1 saturated heterocycles. The van der Waals surface area contributed by atoms with E-state index in [9.17, 15) is 0 Å². The van der Waals surface area contributed by atoms with Gasteiger partial charge in [-0.15, -0.1) is 0 Å². The van der Waals surface area contributed by atoms with Crippen molar-refractivity contribution in [3.8, 4) is 5.75 Å². The molecule has 0 aliphatic carbocycles. The van der Waals surface area contributed by atoms with Crippen LogP contribution in [0, 0.1) is 0 Å². The molecule has 1 aromatic carbocycles. The number of aromatic nitrogens is 1. The van der Waals surface area contributed by atoms with Gasteiger partial charge in [-0.1, -0.05) is 6.07 Å². The van der Waals surface area contributed by atoms with Crippen LogP contribution in [-0.4, -0.2) is 23.7 Å². The number of rotatable bonds is 0. The quantitative estimate of drug-likeness (QED) is 0.702. The van der Waals surface area contributed by atoms with E-state index in [1.165, 1.54) is 16.5 Å². The molecular formula is C13H14N2O. The predicted octanol–water partition coefficient (Wildman–Crippen LogP) is 1.83. The standard InChI is InChI=1S/C13H14N2O/c1-2-9-13-8(7-15-9)6-10-11(4-5-14-10)16-12(13)3-1/h1-3,7,10-11,14-15H,4-6H2. The Bertz CT molecular complexity index is 546. The predicted molar refractivity (Wildman–Crippen MR) is 62.8 cm³/mol. The molecule has 3 nitrogen and oxygen atoms in total. The van der Waals surface area contributed by atoms with Gasteiger partial charge in [-0.2, -0.15) is 0 Å². The van der Waals surface area contributed by atoms with Crippen LogP contribution < -0.4 is 10.1 Å². The Morgan fingerprint density at radius 1 is 1.31 bits per heavy atom. The van der Waals surface area contributed by atoms with Crippen LogP contribution in [-0.2, 0) is 6.42 Å². The molecule has 0 bridgehead atoms. The summed E-state index contributed by atoms with van der Waals surface area (Å²) in [5.74, 6) is 1.05. The third kappa shape index (κ3) is 1.06. The van der Waals surface area contributed by atoms with E-state index in [0.717, 1.165) is 25.1 Å². The SMILES string of the molecule is c1cc2c3c(c[nH]c3c1)CC1NCCC1O2. The Morgan fingerprint density at radius 2 is 2.31 bits per heavy atom. The molecule has 1 fully saturated rings. The van der Waals surface area contributed by atoms with E-state index in [-0.39, 0.29) is 0 Å². The van der Waals surface area contributed by atoms with Crippen molar-refractivity contribution in [3.63, 3.8) is 0 Å². The normalized spacial score (nSPS) is 27.5. The fourth-order valence-corrected chi connectivity index (χ4v) is 2.97. The van der Waals surface area contributed by atoms with E-state index in [0.29, 0.717) is 12.1 Å². The van der Waals surface area contributed by atoms with E-state index < -0.39 is 0 Å². The average Bonchev–Trinajstić information content (AvgIpc) is 2.85. The van der Waals surface area contributed by atoms with Crippen molar-refractivity contribution in [1.29, 1.82) is 0 Å². The van der Waals surface area contributed by atoms with Gasteiger partial charge in [-0.3, -0.25) is 0 Å². The van der Waals surface area contributed by atoms with Gasteiger partial charge in [0.2, 0.25) is 0 Å². The van der Waals surface area contributed by atoms with Crippen molar-refractivity contribution < 1.29 is 4.74 Å². The highest BCUT2D eigenvalue weighted by atomic mass is 16.5. The van der Waals surface area contributed by atoms with Gasteiger partial charge in [0.1, 0.15) is 11.9 Å². The summed E-state index contributed by atoms with van der Waals surface area (Å²) in [6, 6.07) is 6.73. The lowest BCUT2D eigenvalue weighted by molar-refractivity contribution is 0.191. The van der Waals surface area contributed by atoms with Crippen LogP contribution in [0.15, 0.2) is 24.4 Å². The number of hydrogen-bond acceptors (Lipinski definition) is 2. The first-order chi connectivity index (χ1) is 7.92. The number of aromatic amines is 1. The Hall–Kier alpha value is -1.48. The molecule has 2 N–H and O–H groups in total. The Balaban J connectivity index is 1.94. The van der Waals surface area contributed by atoms with Crippen LogP contribution in [0.1, 0.15) is 12.0 Å². The summed E-state index contributed by atoms with van der Waals surface area (Å²) < 4.78 is 6.13. The zero-order valence-corrected chi connectivity index (χ0v) is 8.99. The molecule has 0 radical (unpaired) electrons. The Labute approximate surface area is 93.8 Å². The molecule has 0 saturated carbocycles. The van der Waals surface area contributed by atoms with Crippen LogP contribution >= 0.6 is 0 Å². The number of fused-ring (bicyclic) bond motifs is 1. The second-order valence-electron chi connectivity index (χ2n) is 4.70. The molecular weight excluding hydrogens is 200 g/mol. The number of benzene rings is 1. The summed E-state index contributed by atoms with van der Waals surface area (Å²) >= 11 is 0. The fraction of sp³-hybridized carbons (Fsp3) is 0.385. The molecule has 0 spiro atoms. The van der Waals surface area contributed by atoms with Gasteiger partial charge in [0, 0.05) is 23.1 Å². The van der Waals surface area contributed by atoms with Crippen molar-refractivity contribution in [2.45, 2.75) is 25.0 Å². The number of hydrogen-bond donors (Lipinski definition) is 2. The molecule has 82 valence electrons. The zero-order chi connectivity index (χ0) is 10.5. The smallest absolute Gasteiger partial charge is 0.129 e. The van der Waals surface area contributed by atoms with Gasteiger partial charge in [-0.25, -0.2) is 0 Å². The first kappa shape index (κ1) is 8.65. The summed E-state index contributed by atoms with van der Waals surface area (Å²) in [5, 5.41) is 4.80. The van der Waals surface area contributed by atoms with E-state index >= 15 is 0 Å². The second kappa shape index (κ2) is 3.01. The largest absolute Gasteiger partial charge is 0.488 e. The van der Waals surface area contributed by atoms with E-state index in [2.05, 4.69) is 34.7 Å². The van der Waals surface area contributed by atoms with Crippen LogP contribution in [0.4, 0.5) is 0 Å². The van der Waals surface area contributed by atoms with E-state index in [1.807, 2.05) is 0 Å². The number of H-pyrrole nitrogens is 1. The van der Waals surface area contributed by atoms with Gasteiger partial charge in [0.15, 0.2) is 0 Å². The minimum atomic E-state index is 0.345. The number of nitrogens with one attached hydrogen (secondary N) is 2. The Kier molecular flexibility index (Phi) is 1.63. The topological polar surface area (TPSA) is 37.0 Å². The summed E-state index contributed by atoms with van der Waals surface area (Å²) in [5.41, 5.74) is 2.57. The molecule has 2 unspecified atom stereocenters. The molecule has 2 aromatic rings. The van der Waals surface area contributed by atoms with Crippen LogP contribution in [0.2, 0.25) is 0 Å². The van der Waals surface area contributed by atoms with Crippen LogP contribution in [0.3, 0.4) is 0 Å². The molecule has 3 heterocycles. The lowest BCUT2D eigenvalue weighted by Gasteiger charge is -2.17. The molecule has 4 rings (SSSR count). The fourth-order valence-electron chi connectivity index (χ4n) is 2.97. The highest BCUT2D eigenvalue weighted by Gasteiger charge is 2.32. The van der Waals surface area contributed by atoms with Crippen molar-refractivity contribution in [3.05, 3.63) is 30.0 Å². The number of ether oxygens (including phenoxy) is 1. The maximum Gasteiger partial charge on any atom is 0.129 e. The van der Waals surface area contributed by atoms with Crippen LogP contribution in [0.25, 0.3) is 10.9 Å². The highest BCUT2D eigenvalue weighted by molar-refractivity contribution is 5.89. The van der Waals surface area contributed by atoms with Gasteiger partial charge in [0.05, 0.1) is 0 Å². The maximum absolute atomic E-state index is 6.13. The summed E-state index contributed by atoms with van der Waals surface area (Å²) in [7, 11) is 0. The van der Waals surface area contributed by atoms with Crippen LogP contribution in [0.5, 0.6) is 5.75 Å². The second-order valence-corrected chi connectivity index (χ2v) is 4.70. The molecule has 2 aliphatic heterocycles. The molecule has 3 heteroatoms. The minimum absolute atomic E-state index is 0.345. The summed E-state index contributed by atoms with van der Waals surface area (Å²) in [6.45, 7) is 1.07. The molecule has 0 amide bonds. The third-order valence-corrected chi connectivity index (χ3v) is 3.75. The maximum atomic E-state index is 6.13. The highest BCUT2D eigenvalue weighted by Crippen LogP contribution is 2.35. The molecule has 16 heavy (non-hydrogen) atoms. The average molecular weight is 214 g/mol. The van der Waals surface area contributed by atoms with Gasteiger partial charge >= 0.3 is 0 Å². The monoisotopic (exact) mass is 214 g/mol. The first-order valence-electron chi connectivity index (χ1n) is 5.91. The molecule has 2 aliphatic rings. The first-order valence-corrected chi connectivity index (χ1v) is 5.91. The van der Waals surface area contributed by atoms with Gasteiger partial charge in [-0.05, 0) is 37.1 Å². The lowest BCUT2D eigenvalue weighted by Crippen LogP contribution is -2.34. The summed E-state index contributed by atoms with van der Waals surface area (Å²) in [4.78, 5) is 3.32. The zero-order valence-electron chi connectivity index (χ0n) is 8.99. The van der Waals surface area contributed by atoms with Crippen molar-refractivity contribution in [1.82, 2.24) is 10.3 Å².